The monoisotopic (exact) mass is 263 g/mol. The van der Waals surface area contributed by atoms with E-state index in [-0.39, 0.29) is 0 Å². The molecule has 0 saturated heterocycles. The number of carbonyl (C=O) groups is 1. The molecule has 0 aliphatic heterocycles. The molecule has 0 aliphatic rings. The maximum Gasteiger partial charge on any atom is 0.342 e. The fourth-order valence-corrected chi connectivity index (χ4v) is 2.00. The zero-order chi connectivity index (χ0) is 13.1. The standard InChI is InChI=1S/C12H13N3O2S/c1-3-17-12(16)10-8(2)14-15(11(10)18)9-6-4-5-7-13-9/h4-7,18H,3H2,1-2H3. The van der Waals surface area contributed by atoms with Gasteiger partial charge >= 0.3 is 5.97 Å². The van der Waals surface area contributed by atoms with E-state index in [0.29, 0.717) is 28.7 Å². The third-order valence-electron chi connectivity index (χ3n) is 2.38. The number of pyridine rings is 1. The van der Waals surface area contributed by atoms with Crippen molar-refractivity contribution in [2.75, 3.05) is 6.61 Å². The summed E-state index contributed by atoms with van der Waals surface area (Å²) in [7, 11) is 0. The Morgan fingerprint density at radius 1 is 1.50 bits per heavy atom. The average Bonchev–Trinajstić information content (AvgIpc) is 2.66. The quantitative estimate of drug-likeness (QED) is 0.680. The van der Waals surface area contributed by atoms with Crippen LogP contribution in [0.4, 0.5) is 0 Å². The minimum Gasteiger partial charge on any atom is -0.462 e. The number of esters is 1. The highest BCUT2D eigenvalue weighted by Gasteiger charge is 2.21. The predicted octanol–water partition coefficient (Wildman–Crippen LogP) is 2.04. The number of hydrogen-bond acceptors (Lipinski definition) is 5. The highest BCUT2D eigenvalue weighted by atomic mass is 32.1. The van der Waals surface area contributed by atoms with Crippen LogP contribution in [0.2, 0.25) is 0 Å². The van der Waals surface area contributed by atoms with Crippen LogP contribution in [0.15, 0.2) is 29.4 Å². The number of nitrogens with zero attached hydrogens (tertiary/aromatic N) is 3. The Labute approximate surface area is 110 Å². The van der Waals surface area contributed by atoms with Gasteiger partial charge in [0, 0.05) is 6.20 Å². The molecule has 0 radical (unpaired) electrons. The van der Waals surface area contributed by atoms with E-state index in [4.69, 9.17) is 4.74 Å². The fraction of sp³-hybridized carbons (Fsp3) is 0.250. The summed E-state index contributed by atoms with van der Waals surface area (Å²) in [4.78, 5) is 16.0. The number of aryl methyl sites for hydroxylation is 1. The molecule has 5 nitrogen and oxygen atoms in total. The molecule has 6 heteroatoms. The summed E-state index contributed by atoms with van der Waals surface area (Å²) in [6.07, 6.45) is 1.66. The lowest BCUT2D eigenvalue weighted by atomic mass is 10.3. The lowest BCUT2D eigenvalue weighted by Crippen LogP contribution is -2.06. The van der Waals surface area contributed by atoms with Gasteiger partial charge in [0.1, 0.15) is 10.6 Å². The SMILES string of the molecule is CCOC(=O)c1c(C)nn(-c2ccccn2)c1S. The van der Waals surface area contributed by atoms with Crippen molar-refractivity contribution in [3.63, 3.8) is 0 Å². The van der Waals surface area contributed by atoms with Gasteiger partial charge in [-0.15, -0.1) is 12.6 Å². The summed E-state index contributed by atoms with van der Waals surface area (Å²) in [5, 5.41) is 4.70. The van der Waals surface area contributed by atoms with Gasteiger partial charge in [-0.2, -0.15) is 5.10 Å². The molecule has 0 fully saturated rings. The van der Waals surface area contributed by atoms with Crippen LogP contribution >= 0.6 is 12.6 Å². The molecule has 0 bridgehead atoms. The van der Waals surface area contributed by atoms with Crippen LogP contribution in [-0.2, 0) is 4.74 Å². The van der Waals surface area contributed by atoms with Crippen LogP contribution < -0.4 is 0 Å². The van der Waals surface area contributed by atoms with E-state index in [1.54, 1.807) is 26.1 Å². The highest BCUT2D eigenvalue weighted by molar-refractivity contribution is 7.80. The van der Waals surface area contributed by atoms with E-state index in [2.05, 4.69) is 22.7 Å². The molecule has 0 saturated carbocycles. The molecule has 0 atom stereocenters. The molecule has 2 aromatic heterocycles. The van der Waals surface area contributed by atoms with E-state index in [0.717, 1.165) is 0 Å². The lowest BCUT2D eigenvalue weighted by molar-refractivity contribution is 0.0521. The normalized spacial score (nSPS) is 10.4. The third-order valence-corrected chi connectivity index (χ3v) is 2.79. The minimum atomic E-state index is -0.415. The first-order chi connectivity index (χ1) is 8.65. The summed E-state index contributed by atoms with van der Waals surface area (Å²) in [6.45, 7) is 3.82. The van der Waals surface area contributed by atoms with Crippen LogP contribution in [0.25, 0.3) is 5.82 Å². The molecule has 2 heterocycles. The van der Waals surface area contributed by atoms with E-state index in [9.17, 15) is 4.79 Å². The average molecular weight is 263 g/mol. The lowest BCUT2D eigenvalue weighted by Gasteiger charge is -2.03. The number of aromatic nitrogens is 3. The molecule has 18 heavy (non-hydrogen) atoms. The molecule has 2 rings (SSSR count). The van der Waals surface area contributed by atoms with Gasteiger partial charge in [0.2, 0.25) is 0 Å². The summed E-state index contributed by atoms with van der Waals surface area (Å²) in [6, 6.07) is 5.45. The second-order valence-corrected chi connectivity index (χ2v) is 4.03. The Kier molecular flexibility index (Phi) is 3.66. The smallest absolute Gasteiger partial charge is 0.342 e. The Morgan fingerprint density at radius 3 is 2.89 bits per heavy atom. The number of hydrogen-bond donors (Lipinski definition) is 1. The van der Waals surface area contributed by atoms with Gasteiger partial charge in [0.05, 0.1) is 12.3 Å². The summed E-state index contributed by atoms with van der Waals surface area (Å²) < 4.78 is 6.50. The number of carbonyl (C=O) groups excluding carboxylic acids is 1. The second-order valence-electron chi connectivity index (χ2n) is 3.60. The van der Waals surface area contributed by atoms with Crippen molar-refractivity contribution in [2.24, 2.45) is 0 Å². The maximum atomic E-state index is 11.8. The molecule has 0 aromatic carbocycles. The number of ether oxygens (including phenoxy) is 1. The van der Waals surface area contributed by atoms with E-state index in [1.807, 2.05) is 12.1 Å². The number of rotatable bonds is 3. The number of thiol groups is 1. The van der Waals surface area contributed by atoms with Crippen LogP contribution in [-0.4, -0.2) is 27.3 Å². The summed E-state index contributed by atoms with van der Waals surface area (Å²) in [5.74, 6) is 0.198. The minimum absolute atomic E-state index is 0.320. The molecule has 0 N–H and O–H groups in total. The van der Waals surface area contributed by atoms with Crippen molar-refractivity contribution in [1.82, 2.24) is 14.8 Å². The van der Waals surface area contributed by atoms with E-state index >= 15 is 0 Å². The molecule has 0 aliphatic carbocycles. The van der Waals surface area contributed by atoms with Gasteiger partial charge < -0.3 is 4.74 Å². The zero-order valence-corrected chi connectivity index (χ0v) is 11.0. The molecule has 2 aromatic rings. The second kappa shape index (κ2) is 5.22. The topological polar surface area (TPSA) is 57.0 Å². The van der Waals surface area contributed by atoms with Crippen molar-refractivity contribution in [2.45, 2.75) is 18.9 Å². The van der Waals surface area contributed by atoms with Crippen LogP contribution in [0, 0.1) is 6.92 Å². The predicted molar refractivity (Wildman–Crippen MR) is 69.3 cm³/mol. The largest absolute Gasteiger partial charge is 0.462 e. The van der Waals surface area contributed by atoms with Crippen LogP contribution in [0.5, 0.6) is 0 Å². The maximum absolute atomic E-state index is 11.8. The molecule has 0 amide bonds. The fourth-order valence-electron chi connectivity index (χ4n) is 1.60. The van der Waals surface area contributed by atoms with E-state index in [1.165, 1.54) is 4.68 Å². The Hall–Kier alpha value is -1.82. The summed E-state index contributed by atoms with van der Waals surface area (Å²) >= 11 is 4.34. The zero-order valence-electron chi connectivity index (χ0n) is 10.1. The van der Waals surface area contributed by atoms with Crippen molar-refractivity contribution in [1.29, 1.82) is 0 Å². The van der Waals surface area contributed by atoms with Crippen molar-refractivity contribution in [3.8, 4) is 5.82 Å². The molecular weight excluding hydrogens is 250 g/mol. The Morgan fingerprint density at radius 2 is 2.28 bits per heavy atom. The van der Waals surface area contributed by atoms with Gasteiger partial charge in [-0.25, -0.2) is 14.5 Å². The van der Waals surface area contributed by atoms with Crippen LogP contribution in [0.3, 0.4) is 0 Å². The van der Waals surface area contributed by atoms with Gasteiger partial charge in [0.15, 0.2) is 5.82 Å². The first kappa shape index (κ1) is 12.6. The molecular formula is C12H13N3O2S. The van der Waals surface area contributed by atoms with Gasteiger partial charge in [-0.05, 0) is 26.0 Å². The first-order valence-corrected chi connectivity index (χ1v) is 5.97. The molecule has 0 spiro atoms. The summed E-state index contributed by atoms with van der Waals surface area (Å²) in [5.41, 5.74) is 0.954. The Balaban J connectivity index is 2.47. The van der Waals surface area contributed by atoms with Crippen molar-refractivity contribution >= 4 is 18.6 Å². The van der Waals surface area contributed by atoms with Crippen molar-refractivity contribution in [3.05, 3.63) is 35.7 Å². The molecule has 94 valence electrons. The van der Waals surface area contributed by atoms with E-state index < -0.39 is 5.97 Å². The van der Waals surface area contributed by atoms with Crippen molar-refractivity contribution < 1.29 is 9.53 Å². The first-order valence-electron chi connectivity index (χ1n) is 5.52. The highest BCUT2D eigenvalue weighted by Crippen LogP contribution is 2.21. The van der Waals surface area contributed by atoms with Gasteiger partial charge in [-0.1, -0.05) is 6.07 Å². The van der Waals surface area contributed by atoms with Gasteiger partial charge in [-0.3, -0.25) is 0 Å². The third kappa shape index (κ3) is 2.24. The van der Waals surface area contributed by atoms with Gasteiger partial charge in [0.25, 0.3) is 0 Å². The Bertz CT molecular complexity index is 566. The van der Waals surface area contributed by atoms with Crippen LogP contribution in [0.1, 0.15) is 23.0 Å². The molecule has 0 unspecified atom stereocenters.